The van der Waals surface area contributed by atoms with E-state index in [-0.39, 0.29) is 29.9 Å². The van der Waals surface area contributed by atoms with E-state index in [4.69, 9.17) is 9.73 Å². The fourth-order valence-electron chi connectivity index (χ4n) is 4.14. The number of hydrogen-bond donors (Lipinski definition) is 1. The molecule has 8 heteroatoms. The van der Waals surface area contributed by atoms with Crippen molar-refractivity contribution in [2.45, 2.75) is 46.6 Å². The molecule has 0 aromatic rings. The minimum atomic E-state index is 0. The van der Waals surface area contributed by atoms with E-state index >= 15 is 0 Å². The third kappa shape index (κ3) is 7.33. The highest BCUT2D eigenvalue weighted by atomic mass is 127. The molecule has 7 nitrogen and oxygen atoms in total. The highest BCUT2D eigenvalue weighted by molar-refractivity contribution is 14.0. The van der Waals surface area contributed by atoms with Gasteiger partial charge in [-0.15, -0.1) is 24.0 Å². The highest BCUT2D eigenvalue weighted by Crippen LogP contribution is 2.20. The molecule has 0 saturated carbocycles. The molecule has 2 saturated heterocycles. The molecular formula is C20H40IN5O2. The molecule has 0 aliphatic carbocycles. The van der Waals surface area contributed by atoms with Crippen molar-refractivity contribution >= 4 is 35.8 Å². The summed E-state index contributed by atoms with van der Waals surface area (Å²) >= 11 is 0. The third-order valence-electron chi connectivity index (χ3n) is 5.90. The maximum atomic E-state index is 11.6. The monoisotopic (exact) mass is 509 g/mol. The van der Waals surface area contributed by atoms with E-state index < -0.39 is 0 Å². The number of guanidine groups is 1. The molecule has 1 atom stereocenters. The fraction of sp³-hybridized carbons (Fsp3) is 0.900. The van der Waals surface area contributed by atoms with Gasteiger partial charge in [0.15, 0.2) is 5.96 Å². The topological polar surface area (TPSA) is 60.4 Å². The van der Waals surface area contributed by atoms with Gasteiger partial charge >= 0.3 is 0 Å². The number of nitrogens with zero attached hydrogens (tertiary/aromatic N) is 4. The number of carbonyl (C=O) groups is 1. The maximum absolute atomic E-state index is 11.6. The zero-order valence-electron chi connectivity index (χ0n) is 18.2. The van der Waals surface area contributed by atoms with Gasteiger partial charge in [-0.05, 0) is 12.8 Å². The summed E-state index contributed by atoms with van der Waals surface area (Å²) in [5.74, 6) is 1.81. The van der Waals surface area contributed by atoms with Crippen molar-refractivity contribution in [2.75, 3.05) is 65.6 Å². The van der Waals surface area contributed by atoms with Crippen LogP contribution in [0.15, 0.2) is 4.99 Å². The number of carbonyl (C=O) groups excluding carboxylic acids is 1. The zero-order valence-corrected chi connectivity index (χ0v) is 20.5. The fourth-order valence-corrected chi connectivity index (χ4v) is 4.14. The molecule has 0 aromatic carbocycles. The van der Waals surface area contributed by atoms with Gasteiger partial charge in [0.1, 0.15) is 0 Å². The van der Waals surface area contributed by atoms with Crippen molar-refractivity contribution in [3.8, 4) is 0 Å². The number of morpholine rings is 1. The Kier molecular flexibility index (Phi) is 12.3. The Labute approximate surface area is 188 Å². The van der Waals surface area contributed by atoms with Crippen molar-refractivity contribution in [3.63, 3.8) is 0 Å². The van der Waals surface area contributed by atoms with Crippen LogP contribution in [0.3, 0.4) is 0 Å². The van der Waals surface area contributed by atoms with Crippen molar-refractivity contribution in [3.05, 3.63) is 0 Å². The van der Waals surface area contributed by atoms with E-state index in [2.05, 4.69) is 35.9 Å². The number of hydrogen-bond acceptors (Lipinski definition) is 4. The molecule has 0 bridgehead atoms. The number of rotatable bonds is 7. The molecule has 0 radical (unpaired) electrons. The van der Waals surface area contributed by atoms with E-state index in [9.17, 15) is 4.79 Å². The molecule has 1 amide bonds. The Morgan fingerprint density at radius 1 is 1.00 bits per heavy atom. The first-order valence-electron chi connectivity index (χ1n) is 10.7. The number of aliphatic imine (C=N–C) groups is 1. The summed E-state index contributed by atoms with van der Waals surface area (Å²) in [5.41, 5.74) is 0. The first kappa shape index (κ1) is 25.4. The molecule has 1 N–H and O–H groups in total. The SMILES string of the molecule is CCNC(=NCC(C(CC)CC)N1CCOCC1)N1CCN(C(C)=O)CC1.I. The van der Waals surface area contributed by atoms with E-state index in [0.29, 0.717) is 12.0 Å². The quantitative estimate of drug-likeness (QED) is 0.323. The van der Waals surface area contributed by atoms with Crippen molar-refractivity contribution in [1.82, 2.24) is 20.0 Å². The third-order valence-corrected chi connectivity index (χ3v) is 5.90. The Morgan fingerprint density at radius 2 is 1.57 bits per heavy atom. The van der Waals surface area contributed by atoms with Crippen LogP contribution in [0.25, 0.3) is 0 Å². The van der Waals surface area contributed by atoms with Crippen LogP contribution in [0.2, 0.25) is 0 Å². The Morgan fingerprint density at radius 3 is 2.07 bits per heavy atom. The molecule has 28 heavy (non-hydrogen) atoms. The summed E-state index contributed by atoms with van der Waals surface area (Å²) in [4.78, 5) is 23.4. The van der Waals surface area contributed by atoms with Crippen LogP contribution >= 0.6 is 24.0 Å². The van der Waals surface area contributed by atoms with Gasteiger partial charge in [-0.3, -0.25) is 14.7 Å². The summed E-state index contributed by atoms with van der Waals surface area (Å²) in [6.45, 7) is 16.9. The van der Waals surface area contributed by atoms with Gasteiger partial charge in [-0.25, -0.2) is 0 Å². The summed E-state index contributed by atoms with van der Waals surface area (Å²) in [6.07, 6.45) is 2.36. The van der Waals surface area contributed by atoms with Gasteiger partial charge in [0.25, 0.3) is 0 Å². The Balaban J connectivity index is 0.00000392. The van der Waals surface area contributed by atoms with E-state index in [0.717, 1.165) is 71.5 Å². The summed E-state index contributed by atoms with van der Waals surface area (Å²) in [5, 5.41) is 3.46. The van der Waals surface area contributed by atoms with Gasteiger partial charge in [-0.1, -0.05) is 26.7 Å². The highest BCUT2D eigenvalue weighted by Gasteiger charge is 2.27. The largest absolute Gasteiger partial charge is 0.379 e. The van der Waals surface area contributed by atoms with Gasteiger partial charge in [0.2, 0.25) is 5.91 Å². The lowest BCUT2D eigenvalue weighted by atomic mass is 9.92. The van der Waals surface area contributed by atoms with Crippen LogP contribution in [-0.4, -0.2) is 98.2 Å². The molecule has 0 spiro atoms. The normalized spacial score (nSPS) is 20.1. The minimum absolute atomic E-state index is 0. The maximum Gasteiger partial charge on any atom is 0.219 e. The number of amides is 1. The lowest BCUT2D eigenvalue weighted by molar-refractivity contribution is -0.130. The number of ether oxygens (including phenoxy) is 1. The predicted octanol–water partition coefficient (Wildman–Crippen LogP) is 1.87. The lowest BCUT2D eigenvalue weighted by Gasteiger charge is -2.39. The molecule has 1 unspecified atom stereocenters. The van der Waals surface area contributed by atoms with Crippen LogP contribution in [0.5, 0.6) is 0 Å². The molecule has 2 aliphatic heterocycles. The van der Waals surface area contributed by atoms with Crippen LogP contribution in [0.4, 0.5) is 0 Å². The number of piperazine rings is 1. The van der Waals surface area contributed by atoms with E-state index in [1.165, 1.54) is 12.8 Å². The minimum Gasteiger partial charge on any atom is -0.379 e. The van der Waals surface area contributed by atoms with Crippen LogP contribution < -0.4 is 5.32 Å². The van der Waals surface area contributed by atoms with Crippen molar-refractivity contribution in [1.29, 1.82) is 0 Å². The molecule has 0 aromatic heterocycles. The average Bonchev–Trinajstić information content (AvgIpc) is 2.71. The van der Waals surface area contributed by atoms with Crippen molar-refractivity contribution in [2.24, 2.45) is 10.9 Å². The van der Waals surface area contributed by atoms with E-state index in [1.54, 1.807) is 6.92 Å². The summed E-state index contributed by atoms with van der Waals surface area (Å²) in [6, 6.07) is 0.469. The smallest absolute Gasteiger partial charge is 0.219 e. The molecular weight excluding hydrogens is 469 g/mol. The van der Waals surface area contributed by atoms with Gasteiger partial charge in [0, 0.05) is 58.8 Å². The summed E-state index contributed by atoms with van der Waals surface area (Å²) in [7, 11) is 0. The molecule has 2 rings (SSSR count). The first-order valence-corrected chi connectivity index (χ1v) is 10.7. The zero-order chi connectivity index (χ0) is 19.6. The van der Waals surface area contributed by atoms with E-state index in [1.807, 2.05) is 4.90 Å². The first-order chi connectivity index (χ1) is 13.1. The second-order valence-corrected chi connectivity index (χ2v) is 7.48. The van der Waals surface area contributed by atoms with Crippen molar-refractivity contribution < 1.29 is 9.53 Å². The van der Waals surface area contributed by atoms with Gasteiger partial charge in [0.05, 0.1) is 19.8 Å². The van der Waals surface area contributed by atoms with Crippen LogP contribution in [0.1, 0.15) is 40.5 Å². The second kappa shape index (κ2) is 13.6. The van der Waals surface area contributed by atoms with Crippen LogP contribution in [-0.2, 0) is 9.53 Å². The Hall–Kier alpha value is -0.610. The average molecular weight is 509 g/mol. The predicted molar refractivity (Wildman–Crippen MR) is 125 cm³/mol. The standard InChI is InChI=1S/C20H39N5O2.HI/c1-5-18(6-2)19(24-12-14-27-15-13-24)16-22-20(21-7-3)25-10-8-23(9-11-25)17(4)26;/h18-19H,5-16H2,1-4H3,(H,21,22);1H. The number of nitrogens with one attached hydrogen (secondary N) is 1. The molecule has 2 fully saturated rings. The summed E-state index contributed by atoms with van der Waals surface area (Å²) < 4.78 is 5.56. The van der Waals surface area contributed by atoms with Crippen LogP contribution in [0, 0.1) is 5.92 Å². The van der Waals surface area contributed by atoms with Gasteiger partial charge in [-0.2, -0.15) is 0 Å². The van der Waals surface area contributed by atoms with Gasteiger partial charge < -0.3 is 19.9 Å². The molecule has 164 valence electrons. The second-order valence-electron chi connectivity index (χ2n) is 7.48. The molecule has 2 aliphatic rings. The Bertz CT molecular complexity index is 473. The molecule has 2 heterocycles. The lowest BCUT2D eigenvalue weighted by Crippen LogP contribution is -2.54. The number of halogens is 1.